The van der Waals surface area contributed by atoms with Crippen LogP contribution in [0.5, 0.6) is 0 Å². The van der Waals surface area contributed by atoms with Gasteiger partial charge in [-0.05, 0) is 24.3 Å². The van der Waals surface area contributed by atoms with E-state index in [-0.39, 0.29) is 41.7 Å². The first-order valence-corrected chi connectivity index (χ1v) is 5.39. The van der Waals surface area contributed by atoms with Gasteiger partial charge in [0.25, 0.3) is 0 Å². The second-order valence-electron chi connectivity index (χ2n) is 3.93. The first kappa shape index (κ1) is 11.9. The molecule has 18 heavy (non-hydrogen) atoms. The van der Waals surface area contributed by atoms with Gasteiger partial charge in [0.05, 0.1) is 28.4 Å². The van der Waals surface area contributed by atoms with Gasteiger partial charge in [-0.3, -0.25) is 9.97 Å². The van der Waals surface area contributed by atoms with Crippen LogP contribution in [0.15, 0.2) is 43.0 Å². The molecular weight excluding hydrogens is 352 g/mol. The maximum atomic E-state index is 4.43. The molecule has 0 saturated heterocycles. The van der Waals surface area contributed by atoms with Gasteiger partial charge in [0.15, 0.2) is 0 Å². The Morgan fingerprint density at radius 1 is 0.778 bits per heavy atom. The fourth-order valence-electron chi connectivity index (χ4n) is 2.28. The Bertz CT molecular complexity index is 783. The minimum Gasteiger partial charge on any atom is -0.344 e. The van der Waals surface area contributed by atoms with Crippen molar-refractivity contribution in [1.29, 1.82) is 0 Å². The summed E-state index contributed by atoms with van der Waals surface area (Å²) in [6.07, 6.45) is 5.29. The molecule has 4 rings (SSSR count). The zero-order valence-electron chi connectivity index (χ0n) is 9.38. The Balaban J connectivity index is 0.000001000. The Labute approximate surface area is 136 Å². The number of nitrogens with one attached hydrogen (secondary N) is 1. The molecule has 4 aromatic rings. The molecule has 0 fully saturated rings. The van der Waals surface area contributed by atoms with E-state index in [4.69, 9.17) is 0 Å². The quantitative estimate of drug-likeness (QED) is 0.491. The molecule has 4 nitrogen and oxygen atoms in total. The summed E-state index contributed by atoms with van der Waals surface area (Å²) in [5.41, 5.74) is 3.80. The molecule has 0 radical (unpaired) electrons. The summed E-state index contributed by atoms with van der Waals surface area (Å²) in [5.74, 6) is 0. The third kappa shape index (κ3) is 1.56. The van der Waals surface area contributed by atoms with E-state index in [1.807, 2.05) is 24.3 Å². The number of fused-ring (bicyclic) bond motifs is 6. The third-order valence-corrected chi connectivity index (χ3v) is 3.00. The standard InChI is InChI=1S/C13H8N4.Ce/c1-3-8-10(14-5-1)11-9(4-2-6-15-11)13-12(8)16-7-17-13;/h1-7H,(H,16,17);. The summed E-state index contributed by atoms with van der Waals surface area (Å²) in [6, 6.07) is 7.92. The molecular formula is C13H8CeN4. The first-order valence-electron chi connectivity index (χ1n) is 5.39. The monoisotopic (exact) mass is 360 g/mol. The maximum absolute atomic E-state index is 4.43. The molecule has 0 aliphatic heterocycles. The molecule has 0 unspecified atom stereocenters. The predicted octanol–water partition coefficient (Wildman–Crippen LogP) is 2.66. The van der Waals surface area contributed by atoms with Crippen molar-refractivity contribution in [2.24, 2.45) is 0 Å². The summed E-state index contributed by atoms with van der Waals surface area (Å²) >= 11 is 0. The summed E-state index contributed by atoms with van der Waals surface area (Å²) < 4.78 is 0. The van der Waals surface area contributed by atoms with Crippen molar-refractivity contribution >= 4 is 32.8 Å². The molecule has 0 aliphatic carbocycles. The topological polar surface area (TPSA) is 54.5 Å². The minimum atomic E-state index is 0. The van der Waals surface area contributed by atoms with Crippen molar-refractivity contribution < 1.29 is 41.7 Å². The molecule has 84 valence electrons. The van der Waals surface area contributed by atoms with Gasteiger partial charge in [0.2, 0.25) is 0 Å². The van der Waals surface area contributed by atoms with E-state index in [0.717, 1.165) is 32.8 Å². The van der Waals surface area contributed by atoms with E-state index in [1.165, 1.54) is 0 Å². The maximum Gasteiger partial charge on any atom is 0.0987 e. The van der Waals surface area contributed by atoms with Crippen LogP contribution in [0.2, 0.25) is 0 Å². The number of aromatic nitrogens is 4. The van der Waals surface area contributed by atoms with Crippen molar-refractivity contribution in [3.05, 3.63) is 43.0 Å². The Hall–Kier alpha value is -1.11. The van der Waals surface area contributed by atoms with Gasteiger partial charge >= 0.3 is 0 Å². The number of imidazole rings is 1. The molecule has 0 aliphatic rings. The van der Waals surface area contributed by atoms with Crippen LogP contribution >= 0.6 is 0 Å². The fourth-order valence-corrected chi connectivity index (χ4v) is 2.28. The van der Waals surface area contributed by atoms with Crippen molar-refractivity contribution in [1.82, 2.24) is 19.9 Å². The molecule has 0 atom stereocenters. The Morgan fingerprint density at radius 3 is 2.22 bits per heavy atom. The smallest absolute Gasteiger partial charge is 0.0987 e. The number of pyridine rings is 2. The number of hydrogen-bond acceptors (Lipinski definition) is 3. The van der Waals surface area contributed by atoms with E-state index in [0.29, 0.717) is 0 Å². The van der Waals surface area contributed by atoms with Crippen LogP contribution in [0.25, 0.3) is 32.8 Å². The van der Waals surface area contributed by atoms with Gasteiger partial charge in [-0.25, -0.2) is 4.98 Å². The van der Waals surface area contributed by atoms with Gasteiger partial charge in [-0.15, -0.1) is 0 Å². The van der Waals surface area contributed by atoms with E-state index >= 15 is 0 Å². The van der Waals surface area contributed by atoms with Crippen LogP contribution in [0, 0.1) is 41.7 Å². The molecule has 0 spiro atoms. The van der Waals surface area contributed by atoms with E-state index < -0.39 is 0 Å². The fraction of sp³-hybridized carbons (Fsp3) is 0. The van der Waals surface area contributed by atoms with Crippen LogP contribution < -0.4 is 0 Å². The van der Waals surface area contributed by atoms with Gasteiger partial charge < -0.3 is 4.98 Å². The van der Waals surface area contributed by atoms with Crippen LogP contribution in [-0.4, -0.2) is 19.9 Å². The van der Waals surface area contributed by atoms with Gasteiger partial charge in [0.1, 0.15) is 0 Å². The van der Waals surface area contributed by atoms with Crippen molar-refractivity contribution in [3.63, 3.8) is 0 Å². The third-order valence-electron chi connectivity index (χ3n) is 3.00. The molecule has 5 heteroatoms. The van der Waals surface area contributed by atoms with Crippen molar-refractivity contribution in [3.8, 4) is 0 Å². The number of rotatable bonds is 0. The molecule has 0 bridgehead atoms. The normalized spacial score (nSPS) is 10.9. The van der Waals surface area contributed by atoms with Crippen molar-refractivity contribution in [2.45, 2.75) is 0 Å². The van der Waals surface area contributed by atoms with E-state index in [9.17, 15) is 0 Å². The molecule has 3 heterocycles. The molecule has 0 amide bonds. The second-order valence-corrected chi connectivity index (χ2v) is 3.93. The van der Waals surface area contributed by atoms with Gasteiger partial charge in [-0.2, -0.15) is 0 Å². The van der Waals surface area contributed by atoms with Gasteiger partial charge in [-0.1, -0.05) is 0 Å². The average Bonchev–Trinajstić information content (AvgIpc) is 2.89. The second kappa shape index (κ2) is 4.53. The van der Waals surface area contributed by atoms with Crippen LogP contribution in [0.1, 0.15) is 0 Å². The number of nitrogens with zero attached hydrogens (tertiary/aromatic N) is 3. The summed E-state index contributed by atoms with van der Waals surface area (Å²) in [6.45, 7) is 0. The predicted molar refractivity (Wildman–Crippen MR) is 66.7 cm³/mol. The van der Waals surface area contributed by atoms with E-state index in [2.05, 4.69) is 19.9 Å². The van der Waals surface area contributed by atoms with Crippen LogP contribution in [0.4, 0.5) is 0 Å². The Kier molecular flexibility index (Phi) is 3.01. The number of H-pyrrole nitrogens is 1. The minimum absolute atomic E-state index is 0. The summed E-state index contributed by atoms with van der Waals surface area (Å²) in [5, 5.41) is 2.10. The number of aromatic amines is 1. The van der Waals surface area contributed by atoms with Crippen LogP contribution in [-0.2, 0) is 0 Å². The van der Waals surface area contributed by atoms with Crippen molar-refractivity contribution in [2.75, 3.05) is 0 Å². The largest absolute Gasteiger partial charge is 0.344 e. The first-order chi connectivity index (χ1) is 8.45. The van der Waals surface area contributed by atoms with Gasteiger partial charge in [0, 0.05) is 64.9 Å². The molecule has 3 aromatic heterocycles. The zero-order valence-corrected chi connectivity index (χ0v) is 12.5. The number of benzene rings is 1. The SMILES string of the molecule is [Ce].c1cnc2c(c1)c1nc[nH]c1c1cccnc12. The molecule has 1 aromatic carbocycles. The average molecular weight is 360 g/mol. The van der Waals surface area contributed by atoms with E-state index in [1.54, 1.807) is 18.7 Å². The molecule has 1 N–H and O–H groups in total. The van der Waals surface area contributed by atoms with Crippen LogP contribution in [0.3, 0.4) is 0 Å². The number of hydrogen-bond donors (Lipinski definition) is 1. The Morgan fingerprint density at radius 2 is 1.44 bits per heavy atom. The zero-order chi connectivity index (χ0) is 11.2. The molecule has 0 saturated carbocycles. The summed E-state index contributed by atoms with van der Waals surface area (Å²) in [4.78, 5) is 16.4. The summed E-state index contributed by atoms with van der Waals surface area (Å²) in [7, 11) is 0.